The number of hydrogen-bond donors (Lipinski definition) is 1. The summed E-state index contributed by atoms with van der Waals surface area (Å²) in [6, 6.07) is 7.03. The monoisotopic (exact) mass is 232 g/mol. The summed E-state index contributed by atoms with van der Waals surface area (Å²) >= 11 is 0. The molecule has 94 valence electrons. The van der Waals surface area contributed by atoms with E-state index in [1.165, 1.54) is 36.9 Å². The Kier molecular flexibility index (Phi) is 3.60. The third kappa shape index (κ3) is 2.93. The minimum atomic E-state index is 0.687. The second-order valence-electron chi connectivity index (χ2n) is 5.63. The van der Waals surface area contributed by atoms with E-state index in [-0.39, 0.29) is 0 Å². The molecular weight excluding hydrogens is 208 g/mol. The van der Waals surface area contributed by atoms with Crippen LogP contribution in [0.3, 0.4) is 0 Å². The van der Waals surface area contributed by atoms with Crippen LogP contribution in [0, 0.1) is 12.8 Å². The van der Waals surface area contributed by atoms with Crippen LogP contribution >= 0.6 is 0 Å². The van der Waals surface area contributed by atoms with E-state index >= 15 is 0 Å². The van der Waals surface area contributed by atoms with Gasteiger partial charge in [0, 0.05) is 24.5 Å². The molecule has 0 saturated heterocycles. The van der Waals surface area contributed by atoms with Crippen LogP contribution in [-0.2, 0) is 0 Å². The van der Waals surface area contributed by atoms with E-state index in [1.807, 2.05) is 6.07 Å². The standard InChI is InChI=1S/C15H24N2/c1-11-4-6-14(7-5-11)17(3)15-9-12(2)8-13(16)10-15/h8-11,14H,4-7,16H2,1-3H3. The summed E-state index contributed by atoms with van der Waals surface area (Å²) in [4.78, 5) is 2.41. The van der Waals surface area contributed by atoms with E-state index in [9.17, 15) is 0 Å². The molecule has 2 nitrogen and oxygen atoms in total. The molecule has 1 saturated carbocycles. The summed E-state index contributed by atoms with van der Waals surface area (Å²) in [5, 5.41) is 0. The Hall–Kier alpha value is -1.18. The van der Waals surface area contributed by atoms with Crippen LogP contribution in [0.2, 0.25) is 0 Å². The van der Waals surface area contributed by atoms with Gasteiger partial charge in [0.15, 0.2) is 0 Å². The fourth-order valence-corrected chi connectivity index (χ4v) is 2.84. The molecule has 1 aromatic carbocycles. The Morgan fingerprint density at radius 1 is 1.12 bits per heavy atom. The van der Waals surface area contributed by atoms with Crippen LogP contribution < -0.4 is 10.6 Å². The highest BCUT2D eigenvalue weighted by Crippen LogP contribution is 2.30. The van der Waals surface area contributed by atoms with E-state index in [4.69, 9.17) is 5.73 Å². The molecule has 17 heavy (non-hydrogen) atoms. The van der Waals surface area contributed by atoms with Crippen LogP contribution in [0.15, 0.2) is 18.2 Å². The fourth-order valence-electron chi connectivity index (χ4n) is 2.84. The first kappa shape index (κ1) is 12.3. The molecule has 1 aliphatic carbocycles. The summed E-state index contributed by atoms with van der Waals surface area (Å²) in [7, 11) is 2.20. The lowest BCUT2D eigenvalue weighted by atomic mass is 9.86. The number of nitrogens with two attached hydrogens (primary N) is 1. The summed E-state index contributed by atoms with van der Waals surface area (Å²) in [6.45, 7) is 4.47. The molecule has 0 bridgehead atoms. The minimum Gasteiger partial charge on any atom is -0.399 e. The van der Waals surface area contributed by atoms with Gasteiger partial charge in [-0.1, -0.05) is 6.92 Å². The van der Waals surface area contributed by atoms with Crippen LogP contribution in [0.4, 0.5) is 11.4 Å². The SMILES string of the molecule is Cc1cc(N)cc(N(C)C2CCC(C)CC2)c1. The summed E-state index contributed by atoms with van der Waals surface area (Å²) < 4.78 is 0. The number of anilines is 2. The van der Waals surface area contributed by atoms with E-state index in [1.54, 1.807) is 0 Å². The first-order chi connectivity index (χ1) is 8.06. The van der Waals surface area contributed by atoms with Gasteiger partial charge in [0.25, 0.3) is 0 Å². The molecule has 2 N–H and O–H groups in total. The summed E-state index contributed by atoms with van der Waals surface area (Å²) in [5.74, 6) is 0.905. The lowest BCUT2D eigenvalue weighted by molar-refractivity contribution is 0.341. The second kappa shape index (κ2) is 4.99. The van der Waals surface area contributed by atoms with Gasteiger partial charge in [0.05, 0.1) is 0 Å². The third-order valence-electron chi connectivity index (χ3n) is 4.02. The van der Waals surface area contributed by atoms with Crippen LogP contribution in [0.5, 0.6) is 0 Å². The second-order valence-corrected chi connectivity index (χ2v) is 5.63. The molecule has 1 aliphatic rings. The molecule has 1 aromatic rings. The molecule has 0 atom stereocenters. The molecule has 1 fully saturated rings. The van der Waals surface area contributed by atoms with Crippen molar-refractivity contribution in [2.45, 2.75) is 45.6 Å². The van der Waals surface area contributed by atoms with Crippen molar-refractivity contribution in [2.75, 3.05) is 17.7 Å². The molecule has 0 aromatic heterocycles. The van der Waals surface area contributed by atoms with Crippen molar-refractivity contribution in [3.63, 3.8) is 0 Å². The highest BCUT2D eigenvalue weighted by molar-refractivity contribution is 5.58. The van der Waals surface area contributed by atoms with E-state index in [0.717, 1.165) is 11.6 Å². The molecule has 0 spiro atoms. The molecule has 0 aliphatic heterocycles. The zero-order chi connectivity index (χ0) is 12.4. The smallest absolute Gasteiger partial charge is 0.0389 e. The van der Waals surface area contributed by atoms with E-state index in [2.05, 4.69) is 37.9 Å². The Balaban J connectivity index is 2.10. The largest absolute Gasteiger partial charge is 0.399 e. The Morgan fingerprint density at radius 3 is 2.35 bits per heavy atom. The van der Waals surface area contributed by atoms with Gasteiger partial charge in [0.2, 0.25) is 0 Å². The predicted octanol–water partition coefficient (Wildman–Crippen LogP) is 3.59. The van der Waals surface area contributed by atoms with Crippen molar-refractivity contribution >= 4 is 11.4 Å². The number of hydrogen-bond acceptors (Lipinski definition) is 2. The number of nitrogen functional groups attached to an aromatic ring is 1. The first-order valence-corrected chi connectivity index (χ1v) is 6.66. The van der Waals surface area contributed by atoms with Gasteiger partial charge in [-0.2, -0.15) is 0 Å². The maximum absolute atomic E-state index is 5.92. The molecule has 0 radical (unpaired) electrons. The van der Waals surface area contributed by atoms with Crippen molar-refractivity contribution in [2.24, 2.45) is 5.92 Å². The van der Waals surface area contributed by atoms with Crippen LogP contribution in [0.1, 0.15) is 38.2 Å². The summed E-state index contributed by atoms with van der Waals surface area (Å²) in [5.41, 5.74) is 9.31. The van der Waals surface area contributed by atoms with Crippen molar-refractivity contribution < 1.29 is 0 Å². The maximum atomic E-state index is 5.92. The Morgan fingerprint density at radius 2 is 1.76 bits per heavy atom. The van der Waals surface area contributed by atoms with Gasteiger partial charge in [-0.15, -0.1) is 0 Å². The van der Waals surface area contributed by atoms with Gasteiger partial charge in [-0.25, -0.2) is 0 Å². The van der Waals surface area contributed by atoms with E-state index in [0.29, 0.717) is 6.04 Å². The van der Waals surface area contributed by atoms with Crippen molar-refractivity contribution in [1.29, 1.82) is 0 Å². The van der Waals surface area contributed by atoms with Crippen molar-refractivity contribution in [3.8, 4) is 0 Å². The number of benzene rings is 1. The molecular formula is C15H24N2. The van der Waals surface area contributed by atoms with Crippen molar-refractivity contribution in [1.82, 2.24) is 0 Å². The van der Waals surface area contributed by atoms with E-state index < -0.39 is 0 Å². The van der Waals surface area contributed by atoms with Crippen LogP contribution in [-0.4, -0.2) is 13.1 Å². The molecule has 2 rings (SSSR count). The van der Waals surface area contributed by atoms with Gasteiger partial charge in [-0.3, -0.25) is 0 Å². The third-order valence-corrected chi connectivity index (χ3v) is 4.02. The van der Waals surface area contributed by atoms with Gasteiger partial charge >= 0.3 is 0 Å². The average molecular weight is 232 g/mol. The molecule has 2 heteroatoms. The highest BCUT2D eigenvalue weighted by atomic mass is 15.1. The number of rotatable bonds is 2. The van der Waals surface area contributed by atoms with Gasteiger partial charge < -0.3 is 10.6 Å². The zero-order valence-corrected chi connectivity index (χ0v) is 11.2. The quantitative estimate of drug-likeness (QED) is 0.790. The average Bonchev–Trinajstić information content (AvgIpc) is 2.28. The zero-order valence-electron chi connectivity index (χ0n) is 11.2. The van der Waals surface area contributed by atoms with Crippen LogP contribution in [0.25, 0.3) is 0 Å². The predicted molar refractivity (Wildman–Crippen MR) is 75.4 cm³/mol. The van der Waals surface area contributed by atoms with Gasteiger partial charge in [-0.05, 0) is 62.3 Å². The topological polar surface area (TPSA) is 29.3 Å². The molecule has 0 amide bonds. The Bertz CT molecular complexity index is 358. The van der Waals surface area contributed by atoms with Gasteiger partial charge in [0.1, 0.15) is 0 Å². The lowest BCUT2D eigenvalue weighted by Gasteiger charge is -2.35. The fraction of sp³-hybridized carbons (Fsp3) is 0.600. The highest BCUT2D eigenvalue weighted by Gasteiger charge is 2.22. The molecule has 0 heterocycles. The number of aryl methyl sites for hydroxylation is 1. The van der Waals surface area contributed by atoms with Crippen molar-refractivity contribution in [3.05, 3.63) is 23.8 Å². The lowest BCUT2D eigenvalue weighted by Crippen LogP contribution is -2.34. The normalized spacial score (nSPS) is 24.6. The number of nitrogens with zero attached hydrogens (tertiary/aromatic N) is 1. The Labute approximate surface area is 105 Å². The summed E-state index contributed by atoms with van der Waals surface area (Å²) in [6.07, 6.45) is 5.34. The first-order valence-electron chi connectivity index (χ1n) is 6.66. The maximum Gasteiger partial charge on any atom is 0.0389 e. The molecule has 0 unspecified atom stereocenters. The minimum absolute atomic E-state index is 0.687.